The summed E-state index contributed by atoms with van der Waals surface area (Å²) in [4.78, 5) is 21.6. The van der Waals surface area contributed by atoms with Crippen LogP contribution in [-0.4, -0.2) is 29.6 Å². The Morgan fingerprint density at radius 2 is 1.79 bits per heavy atom. The fraction of sp³-hybridized carbons (Fsp3) is 0.290. The Hall–Kier alpha value is -3.61. The predicted octanol–water partition coefficient (Wildman–Crippen LogP) is 7.59. The first-order valence-electron chi connectivity index (χ1n) is 13.0. The van der Waals surface area contributed by atoms with Gasteiger partial charge in [-0.05, 0) is 93.1 Å². The number of carbonyl (C=O) groups is 1. The van der Waals surface area contributed by atoms with E-state index in [0.717, 1.165) is 52.2 Å². The van der Waals surface area contributed by atoms with Crippen molar-refractivity contribution in [3.05, 3.63) is 92.8 Å². The number of anilines is 2. The van der Waals surface area contributed by atoms with Crippen molar-refractivity contribution >= 4 is 45.6 Å². The average Bonchev–Trinajstić information content (AvgIpc) is 3.27. The topological polar surface area (TPSA) is 79.0 Å². The Morgan fingerprint density at radius 1 is 0.974 bits per heavy atom. The quantitative estimate of drug-likeness (QED) is 0.220. The van der Waals surface area contributed by atoms with Crippen LogP contribution in [0.15, 0.2) is 54.1 Å². The van der Waals surface area contributed by atoms with Gasteiger partial charge in [-0.2, -0.15) is 0 Å². The lowest BCUT2D eigenvalue weighted by Gasteiger charge is -2.24. The van der Waals surface area contributed by atoms with Gasteiger partial charge in [0.15, 0.2) is 0 Å². The number of imidazole rings is 1. The molecule has 0 bridgehead atoms. The number of carbonyl (C=O) groups excluding carboxylic acids is 1. The fourth-order valence-corrected chi connectivity index (χ4v) is 4.88. The normalized spacial score (nSPS) is 12.9. The number of fused-ring (bicyclic) bond motifs is 1. The van der Waals surface area contributed by atoms with Gasteiger partial charge in [0, 0.05) is 36.2 Å². The van der Waals surface area contributed by atoms with Crippen molar-refractivity contribution in [3.8, 4) is 0 Å². The van der Waals surface area contributed by atoms with E-state index in [2.05, 4.69) is 47.7 Å². The van der Waals surface area contributed by atoms with Crippen LogP contribution in [0.2, 0.25) is 5.02 Å². The van der Waals surface area contributed by atoms with E-state index in [4.69, 9.17) is 21.3 Å². The van der Waals surface area contributed by atoms with Gasteiger partial charge in [-0.25, -0.2) is 4.98 Å². The number of nitrogens with one attached hydrogen (secondary N) is 3. The number of aromatic nitrogens is 2. The van der Waals surface area contributed by atoms with Crippen molar-refractivity contribution in [2.75, 3.05) is 24.4 Å². The molecule has 4 aromatic rings. The Bertz CT molecular complexity index is 1550. The maximum Gasteiger partial charge on any atom is 0.257 e. The number of aryl methyl sites for hydroxylation is 3. The van der Waals surface area contributed by atoms with Crippen LogP contribution in [0, 0.1) is 20.8 Å². The van der Waals surface area contributed by atoms with E-state index in [1.807, 2.05) is 25.1 Å². The number of rotatable bonds is 8. The van der Waals surface area contributed by atoms with Crippen molar-refractivity contribution < 1.29 is 9.53 Å². The molecule has 196 valence electrons. The molecule has 1 fully saturated rings. The minimum absolute atomic E-state index is 0.247. The summed E-state index contributed by atoms with van der Waals surface area (Å²) in [5.74, 6) is 0.598. The van der Waals surface area contributed by atoms with E-state index >= 15 is 0 Å². The van der Waals surface area contributed by atoms with Crippen molar-refractivity contribution in [3.63, 3.8) is 0 Å². The molecule has 0 radical (unpaired) electrons. The van der Waals surface area contributed by atoms with Crippen LogP contribution in [0.5, 0.6) is 0 Å². The number of hydrogen-bond acceptors (Lipinski definition) is 4. The summed E-state index contributed by atoms with van der Waals surface area (Å²) >= 11 is 6.36. The molecular weight excluding hydrogens is 496 g/mol. The first kappa shape index (κ1) is 26.0. The minimum atomic E-state index is -0.247. The van der Waals surface area contributed by atoms with Crippen molar-refractivity contribution in [2.45, 2.75) is 46.5 Å². The third kappa shape index (κ3) is 5.47. The van der Waals surface area contributed by atoms with E-state index in [0.29, 0.717) is 29.3 Å². The van der Waals surface area contributed by atoms with Gasteiger partial charge >= 0.3 is 0 Å². The third-order valence-corrected chi connectivity index (χ3v) is 7.49. The number of hydrogen-bond donors (Lipinski definition) is 3. The van der Waals surface area contributed by atoms with Crippen LogP contribution in [0.3, 0.4) is 0 Å². The number of H-pyrrole nitrogens is 1. The molecule has 0 aliphatic heterocycles. The Morgan fingerprint density at radius 3 is 2.50 bits per heavy atom. The largest absolute Gasteiger partial charge is 0.384 e. The monoisotopic (exact) mass is 528 g/mol. The van der Waals surface area contributed by atoms with Gasteiger partial charge in [0.2, 0.25) is 0 Å². The van der Waals surface area contributed by atoms with Gasteiger partial charge in [0.05, 0.1) is 28.2 Å². The number of amides is 1. The van der Waals surface area contributed by atoms with Crippen LogP contribution in [0.1, 0.15) is 57.7 Å². The molecule has 38 heavy (non-hydrogen) atoms. The molecule has 1 aromatic heterocycles. The van der Waals surface area contributed by atoms with Gasteiger partial charge in [-0.3, -0.25) is 4.79 Å². The summed E-state index contributed by atoms with van der Waals surface area (Å²) < 4.78 is 5.28. The van der Waals surface area contributed by atoms with Gasteiger partial charge < -0.3 is 20.4 Å². The highest BCUT2D eigenvalue weighted by Crippen LogP contribution is 2.38. The number of nitrogens with zero attached hydrogens (tertiary/aromatic N) is 1. The zero-order valence-corrected chi connectivity index (χ0v) is 23.1. The molecule has 1 aliphatic rings. The summed E-state index contributed by atoms with van der Waals surface area (Å²) in [6, 6.07) is 15.8. The molecule has 5 rings (SSSR count). The zero-order valence-electron chi connectivity index (χ0n) is 22.3. The molecule has 0 saturated heterocycles. The van der Waals surface area contributed by atoms with E-state index in [1.54, 1.807) is 19.2 Å². The second kappa shape index (κ2) is 11.0. The van der Waals surface area contributed by atoms with Gasteiger partial charge in [0.1, 0.15) is 5.82 Å². The first-order valence-corrected chi connectivity index (χ1v) is 13.4. The lowest BCUT2D eigenvalue weighted by molar-refractivity contribution is 0.102. The second-order valence-electron chi connectivity index (χ2n) is 10.0. The van der Waals surface area contributed by atoms with Gasteiger partial charge in [-0.1, -0.05) is 29.3 Å². The number of allylic oxidation sites excluding steroid dienone is 1. The number of benzene rings is 3. The number of methoxy groups -OCH3 is 1. The van der Waals surface area contributed by atoms with Crippen molar-refractivity contribution in [1.82, 2.24) is 9.97 Å². The number of ether oxygens (including phenoxy) is 1. The summed E-state index contributed by atoms with van der Waals surface area (Å²) in [5.41, 5.74) is 10.7. The van der Waals surface area contributed by atoms with Gasteiger partial charge in [-0.15, -0.1) is 0 Å². The molecular formula is C31H33ClN4O2. The Balaban J connectivity index is 1.59. The maximum atomic E-state index is 13.2. The summed E-state index contributed by atoms with van der Waals surface area (Å²) in [6.45, 7) is 6.75. The van der Waals surface area contributed by atoms with E-state index in [1.165, 1.54) is 23.1 Å². The predicted molar refractivity (Wildman–Crippen MR) is 156 cm³/mol. The maximum absolute atomic E-state index is 13.2. The highest BCUT2D eigenvalue weighted by molar-refractivity contribution is 6.34. The molecule has 0 spiro atoms. The van der Waals surface area contributed by atoms with E-state index in [-0.39, 0.29) is 5.91 Å². The SMILES string of the molecule is COCCc1nc2c(C(Nc3ccc(C)c(C)c3)=C3CCC3)cc(NC(=O)c3cc(C)ccc3Cl)cc2[nH]1. The van der Waals surface area contributed by atoms with Crippen LogP contribution in [0.4, 0.5) is 11.4 Å². The zero-order chi connectivity index (χ0) is 26.8. The average molecular weight is 529 g/mol. The summed E-state index contributed by atoms with van der Waals surface area (Å²) in [6.07, 6.45) is 3.90. The molecule has 7 heteroatoms. The molecule has 3 N–H and O–H groups in total. The number of halogens is 1. The lowest BCUT2D eigenvalue weighted by atomic mass is 9.87. The molecule has 0 unspecified atom stereocenters. The van der Waals surface area contributed by atoms with Crippen LogP contribution >= 0.6 is 11.6 Å². The standard InChI is InChI=1S/C31H33ClN4O2/c1-18-8-11-26(32)24(14-18)31(37)34-23-16-25(30-27(17-23)35-28(36-30)12-13-38-4)29(21-6-5-7-21)33-22-10-9-19(2)20(3)15-22/h8-11,14-17,33H,5-7,12-13H2,1-4H3,(H,34,37)(H,35,36). The van der Waals surface area contributed by atoms with Crippen molar-refractivity contribution in [2.24, 2.45) is 0 Å². The smallest absolute Gasteiger partial charge is 0.257 e. The first-order chi connectivity index (χ1) is 18.3. The molecule has 1 amide bonds. The van der Waals surface area contributed by atoms with E-state index < -0.39 is 0 Å². The summed E-state index contributed by atoms with van der Waals surface area (Å²) in [5, 5.41) is 7.20. The Labute approximate surface area is 228 Å². The molecule has 1 saturated carbocycles. The fourth-order valence-electron chi connectivity index (χ4n) is 4.67. The van der Waals surface area contributed by atoms with Crippen LogP contribution < -0.4 is 10.6 Å². The van der Waals surface area contributed by atoms with Crippen LogP contribution in [0.25, 0.3) is 16.7 Å². The highest BCUT2D eigenvalue weighted by Gasteiger charge is 2.22. The second-order valence-corrected chi connectivity index (χ2v) is 10.4. The van der Waals surface area contributed by atoms with Crippen molar-refractivity contribution in [1.29, 1.82) is 0 Å². The Kier molecular flexibility index (Phi) is 7.54. The molecule has 6 nitrogen and oxygen atoms in total. The van der Waals surface area contributed by atoms with Gasteiger partial charge in [0.25, 0.3) is 5.91 Å². The molecule has 0 atom stereocenters. The lowest BCUT2D eigenvalue weighted by Crippen LogP contribution is -2.14. The van der Waals surface area contributed by atoms with Crippen LogP contribution in [-0.2, 0) is 11.2 Å². The molecule has 3 aromatic carbocycles. The molecule has 1 aliphatic carbocycles. The third-order valence-electron chi connectivity index (χ3n) is 7.16. The van der Waals surface area contributed by atoms with E-state index in [9.17, 15) is 4.79 Å². The number of aromatic amines is 1. The highest BCUT2D eigenvalue weighted by atomic mass is 35.5. The molecule has 1 heterocycles. The minimum Gasteiger partial charge on any atom is -0.384 e. The summed E-state index contributed by atoms with van der Waals surface area (Å²) in [7, 11) is 1.69.